The third-order valence-corrected chi connectivity index (χ3v) is 4.91. The van der Waals surface area contributed by atoms with Crippen molar-refractivity contribution in [2.24, 2.45) is 11.8 Å². The van der Waals surface area contributed by atoms with Gasteiger partial charge in [0.1, 0.15) is 0 Å². The topological polar surface area (TPSA) is 32.3 Å². The molecule has 1 atom stereocenters. The number of piperidine rings is 1. The summed E-state index contributed by atoms with van der Waals surface area (Å²) in [4.78, 5) is 14.7. The van der Waals surface area contributed by atoms with E-state index in [1.807, 2.05) is 0 Å². The van der Waals surface area contributed by atoms with E-state index in [-0.39, 0.29) is 0 Å². The van der Waals surface area contributed by atoms with Crippen LogP contribution in [0.3, 0.4) is 0 Å². The zero-order valence-corrected chi connectivity index (χ0v) is 12.7. The van der Waals surface area contributed by atoms with E-state index >= 15 is 0 Å². The fraction of sp³-hybridized carbons (Fsp3) is 0.938. The van der Waals surface area contributed by atoms with Crippen molar-refractivity contribution in [3.05, 3.63) is 0 Å². The molecule has 1 aliphatic heterocycles. The summed E-state index contributed by atoms with van der Waals surface area (Å²) in [5.74, 6) is 1.54. The molecular formula is C16H30N2O. The minimum absolute atomic E-state index is 0.305. The highest BCUT2D eigenvalue weighted by Gasteiger charge is 2.28. The second kappa shape index (κ2) is 7.28. The predicted octanol–water partition coefficient (Wildman–Crippen LogP) is 2.80. The van der Waals surface area contributed by atoms with Crippen LogP contribution in [0, 0.1) is 11.8 Å². The zero-order valence-electron chi connectivity index (χ0n) is 12.7. The van der Waals surface area contributed by atoms with Crippen molar-refractivity contribution in [3.63, 3.8) is 0 Å². The molecule has 3 nitrogen and oxygen atoms in total. The molecule has 1 saturated heterocycles. The van der Waals surface area contributed by atoms with Crippen molar-refractivity contribution in [2.45, 2.75) is 64.8 Å². The lowest BCUT2D eigenvalue weighted by molar-refractivity contribution is -0.137. The molecule has 0 aromatic carbocycles. The molecule has 19 heavy (non-hydrogen) atoms. The average Bonchev–Trinajstić information content (AvgIpc) is 2.46. The van der Waals surface area contributed by atoms with Gasteiger partial charge in [0.25, 0.3) is 0 Å². The van der Waals surface area contributed by atoms with Crippen molar-refractivity contribution in [3.8, 4) is 0 Å². The fourth-order valence-electron chi connectivity index (χ4n) is 3.49. The number of nitrogens with one attached hydrogen (secondary N) is 1. The number of likely N-dealkylation sites (N-methyl/N-ethyl adjacent to an activating group) is 1. The Labute approximate surface area is 118 Å². The van der Waals surface area contributed by atoms with Crippen LogP contribution in [0.15, 0.2) is 0 Å². The summed E-state index contributed by atoms with van der Waals surface area (Å²) < 4.78 is 0. The molecule has 1 amide bonds. The third-order valence-electron chi connectivity index (χ3n) is 4.91. The molecule has 2 fully saturated rings. The number of carbonyl (C=O) groups is 1. The molecule has 0 radical (unpaired) electrons. The van der Waals surface area contributed by atoms with Crippen molar-refractivity contribution >= 4 is 5.91 Å². The molecule has 1 N–H and O–H groups in total. The molecule has 0 spiro atoms. The second-order valence-corrected chi connectivity index (χ2v) is 6.48. The van der Waals surface area contributed by atoms with Crippen molar-refractivity contribution in [1.29, 1.82) is 0 Å². The number of carbonyl (C=O) groups excluding carboxylic acids is 1. The Balaban J connectivity index is 1.83. The van der Waals surface area contributed by atoms with Crippen LogP contribution in [0.5, 0.6) is 0 Å². The maximum atomic E-state index is 12.6. The minimum atomic E-state index is 0.305. The summed E-state index contributed by atoms with van der Waals surface area (Å²) in [6.45, 7) is 7.33. The van der Waals surface area contributed by atoms with Gasteiger partial charge in [0, 0.05) is 25.0 Å². The average molecular weight is 266 g/mol. The first-order valence-corrected chi connectivity index (χ1v) is 8.23. The summed E-state index contributed by atoms with van der Waals surface area (Å²) in [5.41, 5.74) is 0. The Morgan fingerprint density at radius 1 is 1.16 bits per heavy atom. The van der Waals surface area contributed by atoms with Gasteiger partial charge in [0.2, 0.25) is 5.91 Å². The van der Waals surface area contributed by atoms with Crippen LogP contribution < -0.4 is 5.32 Å². The van der Waals surface area contributed by atoms with Crippen molar-refractivity contribution in [2.75, 3.05) is 19.6 Å². The monoisotopic (exact) mass is 266 g/mol. The van der Waals surface area contributed by atoms with Gasteiger partial charge < -0.3 is 10.2 Å². The van der Waals surface area contributed by atoms with Crippen molar-refractivity contribution < 1.29 is 4.79 Å². The van der Waals surface area contributed by atoms with Crippen LogP contribution >= 0.6 is 0 Å². The first kappa shape index (κ1) is 14.8. The number of nitrogens with zero attached hydrogens (tertiary/aromatic N) is 1. The van der Waals surface area contributed by atoms with E-state index in [2.05, 4.69) is 24.1 Å². The van der Waals surface area contributed by atoms with E-state index < -0.39 is 0 Å². The minimum Gasteiger partial charge on any atom is -0.341 e. The molecular weight excluding hydrogens is 236 g/mol. The van der Waals surface area contributed by atoms with E-state index in [4.69, 9.17) is 0 Å². The fourth-order valence-corrected chi connectivity index (χ4v) is 3.49. The lowest BCUT2D eigenvalue weighted by atomic mass is 9.82. The third kappa shape index (κ3) is 4.20. The highest BCUT2D eigenvalue weighted by molar-refractivity contribution is 5.79. The Kier molecular flexibility index (Phi) is 5.68. The van der Waals surface area contributed by atoms with Crippen LogP contribution in [-0.2, 0) is 4.79 Å². The zero-order chi connectivity index (χ0) is 13.7. The van der Waals surface area contributed by atoms with Gasteiger partial charge in [-0.3, -0.25) is 4.79 Å². The molecule has 1 heterocycles. The van der Waals surface area contributed by atoms with Gasteiger partial charge in [0.05, 0.1) is 0 Å². The van der Waals surface area contributed by atoms with E-state index in [1.54, 1.807) is 0 Å². The number of hydrogen-bond donors (Lipinski definition) is 1. The van der Waals surface area contributed by atoms with Gasteiger partial charge in [-0.25, -0.2) is 0 Å². The Morgan fingerprint density at radius 3 is 2.47 bits per heavy atom. The van der Waals surface area contributed by atoms with Gasteiger partial charge in [-0.2, -0.15) is 0 Å². The van der Waals surface area contributed by atoms with Gasteiger partial charge in [-0.05, 0) is 57.9 Å². The number of amides is 1. The normalized spacial score (nSPS) is 32.0. The van der Waals surface area contributed by atoms with Crippen LogP contribution in [0.4, 0.5) is 0 Å². The van der Waals surface area contributed by atoms with Crippen LogP contribution in [0.2, 0.25) is 0 Å². The lowest BCUT2D eigenvalue weighted by Gasteiger charge is -2.34. The molecule has 110 valence electrons. The standard InChI is InChI=1S/C16H30N2O/c1-3-18(12-15-6-4-5-11-17-15)16(19)14-9-7-13(2)8-10-14/h13-15,17H,3-12H2,1-2H3. The van der Waals surface area contributed by atoms with Gasteiger partial charge in [-0.15, -0.1) is 0 Å². The van der Waals surface area contributed by atoms with Crippen LogP contribution in [-0.4, -0.2) is 36.5 Å². The maximum Gasteiger partial charge on any atom is 0.225 e. The van der Waals surface area contributed by atoms with E-state index in [1.165, 1.54) is 32.1 Å². The summed E-state index contributed by atoms with van der Waals surface area (Å²) in [7, 11) is 0. The molecule has 2 rings (SSSR count). The second-order valence-electron chi connectivity index (χ2n) is 6.48. The van der Waals surface area contributed by atoms with Crippen molar-refractivity contribution in [1.82, 2.24) is 10.2 Å². The smallest absolute Gasteiger partial charge is 0.225 e. The lowest BCUT2D eigenvalue weighted by Crippen LogP contribution is -2.47. The molecule has 3 heteroatoms. The molecule has 0 bridgehead atoms. The summed E-state index contributed by atoms with van der Waals surface area (Å²) >= 11 is 0. The first-order chi connectivity index (χ1) is 9.20. The summed E-state index contributed by atoms with van der Waals surface area (Å²) in [5, 5.41) is 3.55. The van der Waals surface area contributed by atoms with Gasteiger partial charge >= 0.3 is 0 Å². The highest BCUT2D eigenvalue weighted by atomic mass is 16.2. The molecule has 1 saturated carbocycles. The van der Waals surface area contributed by atoms with E-state index in [9.17, 15) is 4.79 Å². The number of hydrogen-bond acceptors (Lipinski definition) is 2. The van der Waals surface area contributed by atoms with Crippen LogP contribution in [0.1, 0.15) is 58.8 Å². The maximum absolute atomic E-state index is 12.6. The molecule has 1 aliphatic carbocycles. The highest BCUT2D eigenvalue weighted by Crippen LogP contribution is 2.29. The molecule has 2 aliphatic rings. The van der Waals surface area contributed by atoms with Crippen LogP contribution in [0.25, 0.3) is 0 Å². The predicted molar refractivity (Wildman–Crippen MR) is 79.0 cm³/mol. The molecule has 0 aromatic rings. The molecule has 0 aromatic heterocycles. The summed E-state index contributed by atoms with van der Waals surface area (Å²) in [6, 6.07) is 0.528. The Morgan fingerprint density at radius 2 is 1.89 bits per heavy atom. The van der Waals surface area contributed by atoms with Gasteiger partial charge in [0.15, 0.2) is 0 Å². The Hall–Kier alpha value is -0.570. The quantitative estimate of drug-likeness (QED) is 0.848. The molecule has 1 unspecified atom stereocenters. The SMILES string of the molecule is CCN(CC1CCCCN1)C(=O)C1CCC(C)CC1. The largest absolute Gasteiger partial charge is 0.341 e. The van der Waals surface area contributed by atoms with Gasteiger partial charge in [-0.1, -0.05) is 13.3 Å². The number of rotatable bonds is 4. The first-order valence-electron chi connectivity index (χ1n) is 8.23. The van der Waals surface area contributed by atoms with E-state index in [0.29, 0.717) is 17.9 Å². The Bertz CT molecular complexity index is 278. The van der Waals surface area contributed by atoms with E-state index in [0.717, 1.165) is 38.4 Å². The summed E-state index contributed by atoms with van der Waals surface area (Å²) in [6.07, 6.45) is 8.50.